The van der Waals surface area contributed by atoms with Crippen molar-refractivity contribution < 1.29 is 9.22 Å². The maximum atomic E-state index is 12.2. The van der Waals surface area contributed by atoms with Crippen LogP contribution in [-0.2, 0) is 9.22 Å². The van der Waals surface area contributed by atoms with Crippen molar-refractivity contribution in [1.82, 2.24) is 0 Å². The van der Waals surface area contributed by atoms with E-state index >= 15 is 0 Å². The van der Waals surface area contributed by atoms with E-state index in [1.165, 1.54) is 10.4 Å². The number of carbonyl (C=O) groups is 1. The molecule has 3 heteroatoms. The Hall–Kier alpha value is -1.71. The van der Waals surface area contributed by atoms with Crippen molar-refractivity contribution in [3.8, 4) is 0 Å². The van der Waals surface area contributed by atoms with Gasteiger partial charge in [-0.2, -0.15) is 0 Å². The van der Waals surface area contributed by atoms with Gasteiger partial charge < -0.3 is 4.43 Å². The number of ketones is 1. The van der Waals surface area contributed by atoms with Crippen LogP contribution in [0.2, 0.25) is 5.04 Å². The number of rotatable bonds is 8. The second-order valence-corrected chi connectivity index (χ2v) is 14.6. The number of hydrogen-bond donors (Lipinski definition) is 0. The quantitative estimate of drug-likeness (QED) is 0.518. The second kappa shape index (κ2) is 9.61. The number of hydrogen-bond acceptors (Lipinski definition) is 2. The van der Waals surface area contributed by atoms with E-state index in [-0.39, 0.29) is 11.0 Å². The monoisotopic (exact) mass is 422 g/mol. The molecule has 0 amide bonds. The van der Waals surface area contributed by atoms with Crippen LogP contribution in [0.15, 0.2) is 60.7 Å². The molecule has 3 atom stereocenters. The zero-order chi connectivity index (χ0) is 21.8. The first-order chi connectivity index (χ1) is 14.3. The van der Waals surface area contributed by atoms with Gasteiger partial charge >= 0.3 is 0 Å². The number of carbonyl (C=O) groups excluding carboxylic acids is 1. The molecule has 0 radical (unpaired) electrons. The highest BCUT2D eigenvalue weighted by atomic mass is 28.4. The van der Waals surface area contributed by atoms with E-state index in [0.29, 0.717) is 17.6 Å². The fourth-order valence-electron chi connectivity index (χ4n) is 5.10. The zero-order valence-corrected chi connectivity index (χ0v) is 20.4. The van der Waals surface area contributed by atoms with Crippen LogP contribution < -0.4 is 10.4 Å². The molecule has 30 heavy (non-hydrogen) atoms. The third kappa shape index (κ3) is 4.78. The van der Waals surface area contributed by atoms with Gasteiger partial charge in [0.2, 0.25) is 0 Å². The maximum absolute atomic E-state index is 12.2. The van der Waals surface area contributed by atoms with Gasteiger partial charge in [-0.25, -0.2) is 0 Å². The summed E-state index contributed by atoms with van der Waals surface area (Å²) in [5.41, 5.74) is 0. The van der Waals surface area contributed by atoms with Crippen LogP contribution in [0.1, 0.15) is 60.3 Å². The predicted molar refractivity (Wildman–Crippen MR) is 129 cm³/mol. The molecule has 0 heterocycles. The lowest BCUT2D eigenvalue weighted by Gasteiger charge is -2.43. The Morgan fingerprint density at radius 3 is 1.97 bits per heavy atom. The van der Waals surface area contributed by atoms with E-state index in [4.69, 9.17) is 4.43 Å². The molecule has 0 bridgehead atoms. The summed E-state index contributed by atoms with van der Waals surface area (Å²) in [5, 5.41) is 2.66. The topological polar surface area (TPSA) is 26.3 Å². The lowest BCUT2D eigenvalue weighted by molar-refractivity contribution is -0.121. The highest BCUT2D eigenvalue weighted by molar-refractivity contribution is 6.99. The molecular formula is C27H38O2Si. The molecule has 0 aromatic heterocycles. The Morgan fingerprint density at radius 1 is 1.00 bits per heavy atom. The normalized spacial score (nSPS) is 21.0. The van der Waals surface area contributed by atoms with Gasteiger partial charge in [0.15, 0.2) is 0 Å². The molecule has 0 spiro atoms. The fraction of sp³-hybridized carbons (Fsp3) is 0.519. The van der Waals surface area contributed by atoms with E-state index in [2.05, 4.69) is 95.3 Å². The summed E-state index contributed by atoms with van der Waals surface area (Å²) >= 11 is 0. The zero-order valence-electron chi connectivity index (χ0n) is 19.4. The summed E-state index contributed by atoms with van der Waals surface area (Å²) in [5.74, 6) is 1.72. The molecule has 0 unspecified atom stereocenters. The minimum atomic E-state index is -2.47. The molecular weight excluding hydrogens is 384 g/mol. The van der Waals surface area contributed by atoms with Crippen molar-refractivity contribution in [2.45, 2.75) is 65.3 Å². The molecule has 1 fully saturated rings. The number of Topliss-reactive ketones (excluding diaryl/α,β-unsaturated/α-hetero) is 1. The first-order valence-electron chi connectivity index (χ1n) is 11.5. The van der Waals surface area contributed by atoms with Crippen molar-refractivity contribution in [3.63, 3.8) is 0 Å². The second-order valence-electron chi connectivity index (χ2n) is 10.2. The number of benzene rings is 2. The fourth-order valence-corrected chi connectivity index (χ4v) is 9.79. The summed E-state index contributed by atoms with van der Waals surface area (Å²) in [7, 11) is -2.47. The Bertz CT molecular complexity index is 770. The summed E-state index contributed by atoms with van der Waals surface area (Å²) in [6.07, 6.45) is 3.90. The molecule has 2 aromatic rings. The molecule has 1 saturated carbocycles. The van der Waals surface area contributed by atoms with Gasteiger partial charge in [0, 0.05) is 18.9 Å². The minimum Gasteiger partial charge on any atom is -0.407 e. The van der Waals surface area contributed by atoms with E-state index in [0.717, 1.165) is 32.3 Å². The van der Waals surface area contributed by atoms with Crippen LogP contribution >= 0.6 is 0 Å². The van der Waals surface area contributed by atoms with Gasteiger partial charge in [0.25, 0.3) is 8.32 Å². The van der Waals surface area contributed by atoms with Gasteiger partial charge in [0.05, 0.1) is 0 Å². The predicted octanol–water partition coefficient (Wildman–Crippen LogP) is 5.59. The van der Waals surface area contributed by atoms with E-state index < -0.39 is 8.32 Å². The molecule has 3 rings (SSSR count). The highest BCUT2D eigenvalue weighted by Gasteiger charge is 2.50. The molecule has 162 valence electrons. The third-order valence-electron chi connectivity index (χ3n) is 6.92. The lowest BCUT2D eigenvalue weighted by Crippen LogP contribution is -2.66. The molecule has 2 nitrogen and oxygen atoms in total. The lowest BCUT2D eigenvalue weighted by atomic mass is 9.89. The van der Waals surface area contributed by atoms with Gasteiger partial charge in [-0.3, -0.25) is 4.79 Å². The van der Waals surface area contributed by atoms with Gasteiger partial charge in [0.1, 0.15) is 5.78 Å². The molecule has 1 aliphatic rings. The van der Waals surface area contributed by atoms with Crippen LogP contribution in [0.25, 0.3) is 0 Å². The first kappa shape index (κ1) is 23.0. The van der Waals surface area contributed by atoms with E-state index in [9.17, 15) is 4.79 Å². The van der Waals surface area contributed by atoms with E-state index in [1.807, 2.05) is 0 Å². The molecule has 0 aliphatic heterocycles. The van der Waals surface area contributed by atoms with Crippen LogP contribution in [0.4, 0.5) is 0 Å². The summed E-state index contributed by atoms with van der Waals surface area (Å²) in [6.45, 7) is 12.2. The van der Waals surface area contributed by atoms with Crippen molar-refractivity contribution in [2.24, 2.45) is 17.8 Å². The molecule has 0 saturated heterocycles. The van der Waals surface area contributed by atoms with Crippen LogP contribution in [0.3, 0.4) is 0 Å². The standard InChI is InChI=1S/C27H38O2Si/c1-21(16-18-25-22(2)17-19-26(25)28)20-29-30(27(3,4)5,23-12-8-6-9-13-23)24-14-10-7-11-15-24/h6-15,21-22,25H,16-20H2,1-5H3/t21-,22-,25+/m0/s1. The minimum absolute atomic E-state index is 0.00532. The van der Waals surface area contributed by atoms with Gasteiger partial charge in [-0.15, -0.1) is 0 Å². The Labute approximate surface area is 184 Å². The van der Waals surface area contributed by atoms with Crippen molar-refractivity contribution in [2.75, 3.05) is 6.61 Å². The molecule has 0 N–H and O–H groups in total. The average molecular weight is 423 g/mol. The van der Waals surface area contributed by atoms with Crippen LogP contribution in [0.5, 0.6) is 0 Å². The van der Waals surface area contributed by atoms with Crippen molar-refractivity contribution in [3.05, 3.63) is 60.7 Å². The van der Waals surface area contributed by atoms with Gasteiger partial charge in [-0.1, -0.05) is 95.3 Å². The Morgan fingerprint density at radius 2 is 1.53 bits per heavy atom. The highest BCUT2D eigenvalue weighted by Crippen LogP contribution is 2.37. The van der Waals surface area contributed by atoms with Crippen molar-refractivity contribution in [1.29, 1.82) is 0 Å². The summed E-state index contributed by atoms with van der Waals surface area (Å²) < 4.78 is 7.05. The smallest absolute Gasteiger partial charge is 0.261 e. The summed E-state index contributed by atoms with van der Waals surface area (Å²) in [4.78, 5) is 12.2. The third-order valence-corrected chi connectivity index (χ3v) is 11.9. The Kier molecular flexibility index (Phi) is 7.36. The molecule has 2 aromatic carbocycles. The Balaban J connectivity index is 1.82. The first-order valence-corrected chi connectivity index (χ1v) is 13.4. The van der Waals surface area contributed by atoms with E-state index in [1.54, 1.807) is 0 Å². The largest absolute Gasteiger partial charge is 0.407 e. The van der Waals surface area contributed by atoms with Gasteiger partial charge in [-0.05, 0) is 46.5 Å². The maximum Gasteiger partial charge on any atom is 0.261 e. The molecule has 1 aliphatic carbocycles. The SMILES string of the molecule is C[C@@H](CC[C@H]1C(=O)CC[C@@H]1C)CO[Si](c1ccccc1)(c1ccccc1)C(C)(C)C. The average Bonchev–Trinajstić information content (AvgIpc) is 3.05. The summed E-state index contributed by atoms with van der Waals surface area (Å²) in [6, 6.07) is 21.7. The van der Waals surface area contributed by atoms with Crippen molar-refractivity contribution >= 4 is 24.5 Å². The van der Waals surface area contributed by atoms with Crippen LogP contribution in [0, 0.1) is 17.8 Å². The van der Waals surface area contributed by atoms with Crippen LogP contribution in [-0.4, -0.2) is 20.7 Å².